The summed E-state index contributed by atoms with van der Waals surface area (Å²) in [5.74, 6) is -1.39. The van der Waals surface area contributed by atoms with Gasteiger partial charge in [0.2, 0.25) is 11.8 Å². The fourth-order valence-corrected chi connectivity index (χ4v) is 2.34. The van der Waals surface area contributed by atoms with Gasteiger partial charge in [-0.15, -0.1) is 0 Å². The Morgan fingerprint density at radius 1 is 1.42 bits per heavy atom. The van der Waals surface area contributed by atoms with Crippen LogP contribution in [0.15, 0.2) is 18.2 Å². The van der Waals surface area contributed by atoms with E-state index in [9.17, 15) is 14.0 Å². The van der Waals surface area contributed by atoms with Gasteiger partial charge in [-0.2, -0.15) is 0 Å². The first kappa shape index (κ1) is 13.6. The van der Waals surface area contributed by atoms with E-state index in [2.05, 4.69) is 0 Å². The van der Waals surface area contributed by atoms with Crippen LogP contribution in [-0.2, 0) is 9.59 Å². The minimum atomic E-state index is -0.795. The molecule has 1 saturated heterocycles. The van der Waals surface area contributed by atoms with Gasteiger partial charge in [0.25, 0.3) is 0 Å². The highest BCUT2D eigenvalue weighted by atomic mass is 32.1. The van der Waals surface area contributed by atoms with E-state index in [0.29, 0.717) is 0 Å². The van der Waals surface area contributed by atoms with Crippen LogP contribution in [0, 0.1) is 11.2 Å². The van der Waals surface area contributed by atoms with Crippen LogP contribution < -0.4 is 10.6 Å². The number of hydrogen-bond donors (Lipinski definition) is 1. The van der Waals surface area contributed by atoms with Crippen molar-refractivity contribution >= 4 is 34.7 Å². The molecule has 1 heterocycles. The minimum absolute atomic E-state index is 0.0723. The van der Waals surface area contributed by atoms with Gasteiger partial charge in [0.1, 0.15) is 10.8 Å². The maximum atomic E-state index is 13.8. The number of imide groups is 1. The van der Waals surface area contributed by atoms with Gasteiger partial charge < -0.3 is 5.73 Å². The van der Waals surface area contributed by atoms with Crippen molar-refractivity contribution in [2.24, 2.45) is 11.1 Å². The molecular weight excluding hydrogens is 267 g/mol. The van der Waals surface area contributed by atoms with Crippen molar-refractivity contribution < 1.29 is 14.0 Å². The van der Waals surface area contributed by atoms with Crippen molar-refractivity contribution in [2.75, 3.05) is 4.90 Å². The van der Waals surface area contributed by atoms with E-state index in [1.807, 2.05) is 0 Å². The van der Waals surface area contributed by atoms with Crippen LogP contribution in [0.1, 0.15) is 25.8 Å². The van der Waals surface area contributed by atoms with E-state index < -0.39 is 11.2 Å². The molecule has 0 aromatic heterocycles. The highest BCUT2D eigenvalue weighted by Crippen LogP contribution is 2.36. The predicted octanol–water partition coefficient (Wildman–Crippen LogP) is 1.75. The maximum Gasteiger partial charge on any atom is 0.239 e. The first-order valence-electron chi connectivity index (χ1n) is 5.71. The van der Waals surface area contributed by atoms with Gasteiger partial charge in [-0.05, 0) is 12.1 Å². The first-order chi connectivity index (χ1) is 8.75. The van der Waals surface area contributed by atoms with Crippen molar-refractivity contribution in [1.29, 1.82) is 0 Å². The highest BCUT2D eigenvalue weighted by molar-refractivity contribution is 7.80. The summed E-state index contributed by atoms with van der Waals surface area (Å²) in [4.78, 5) is 25.0. The number of carbonyl (C=O) groups excluding carboxylic acids is 2. The number of anilines is 1. The average molecular weight is 280 g/mol. The molecule has 1 aliphatic heterocycles. The minimum Gasteiger partial charge on any atom is -0.389 e. The Balaban J connectivity index is 2.61. The summed E-state index contributed by atoms with van der Waals surface area (Å²) in [6.07, 6.45) is 0.0825. The molecular formula is C13H13FN2O2S. The van der Waals surface area contributed by atoms with Crippen LogP contribution in [0.5, 0.6) is 0 Å². The monoisotopic (exact) mass is 280 g/mol. The van der Waals surface area contributed by atoms with E-state index in [0.717, 1.165) is 4.90 Å². The molecule has 19 heavy (non-hydrogen) atoms. The van der Waals surface area contributed by atoms with Crippen LogP contribution in [-0.4, -0.2) is 16.8 Å². The number of benzene rings is 1. The Bertz CT molecular complexity index is 598. The van der Waals surface area contributed by atoms with Gasteiger partial charge in [0.05, 0.1) is 16.7 Å². The number of halogens is 1. The topological polar surface area (TPSA) is 63.4 Å². The molecule has 0 spiro atoms. The molecule has 2 amide bonds. The fraction of sp³-hybridized carbons (Fsp3) is 0.308. The Labute approximate surface area is 115 Å². The summed E-state index contributed by atoms with van der Waals surface area (Å²) in [7, 11) is 0. The molecule has 1 fully saturated rings. The Morgan fingerprint density at radius 3 is 2.53 bits per heavy atom. The van der Waals surface area contributed by atoms with Gasteiger partial charge in [-0.1, -0.05) is 32.1 Å². The molecule has 2 rings (SSSR count). The number of carbonyl (C=O) groups is 2. The molecule has 2 N–H and O–H groups in total. The first-order valence-corrected chi connectivity index (χ1v) is 6.12. The average Bonchev–Trinajstić information content (AvgIpc) is 2.47. The summed E-state index contributed by atoms with van der Waals surface area (Å²) >= 11 is 4.80. The quantitative estimate of drug-likeness (QED) is 0.662. The largest absolute Gasteiger partial charge is 0.389 e. The molecule has 4 nitrogen and oxygen atoms in total. The smallest absolute Gasteiger partial charge is 0.239 e. The lowest BCUT2D eigenvalue weighted by Gasteiger charge is -2.20. The summed E-state index contributed by atoms with van der Waals surface area (Å²) in [5, 5.41) is 0. The molecule has 0 saturated carbocycles. The normalized spacial score (nSPS) is 17.9. The highest BCUT2D eigenvalue weighted by Gasteiger charge is 2.46. The van der Waals surface area contributed by atoms with E-state index >= 15 is 0 Å². The van der Waals surface area contributed by atoms with Crippen LogP contribution >= 0.6 is 12.2 Å². The van der Waals surface area contributed by atoms with Crippen molar-refractivity contribution in [2.45, 2.75) is 20.3 Å². The van der Waals surface area contributed by atoms with E-state index in [-0.39, 0.29) is 34.5 Å². The predicted molar refractivity (Wildman–Crippen MR) is 73.2 cm³/mol. The lowest BCUT2D eigenvalue weighted by molar-refractivity contribution is -0.124. The maximum absolute atomic E-state index is 13.8. The van der Waals surface area contributed by atoms with E-state index in [1.54, 1.807) is 13.8 Å². The van der Waals surface area contributed by atoms with Gasteiger partial charge in [0, 0.05) is 6.42 Å². The number of nitrogens with two attached hydrogens (primary N) is 1. The molecule has 0 aliphatic carbocycles. The Morgan fingerprint density at radius 2 is 2.05 bits per heavy atom. The Kier molecular flexibility index (Phi) is 3.14. The van der Waals surface area contributed by atoms with Gasteiger partial charge in [0.15, 0.2) is 0 Å². The SMILES string of the molecule is CC1(C)CC(=O)N(c2cccc(F)c2C(N)=S)C1=O. The standard InChI is InChI=1S/C13H13FN2O2S/c1-13(2)6-9(17)16(12(13)18)8-5-3-4-7(14)10(8)11(15)19/h3-5H,6H2,1-2H3,(H2,15,19). The van der Waals surface area contributed by atoms with Crippen LogP contribution in [0.4, 0.5) is 10.1 Å². The summed E-state index contributed by atoms with van der Waals surface area (Å²) in [6.45, 7) is 3.35. The Hall–Kier alpha value is -1.82. The van der Waals surface area contributed by atoms with Crippen molar-refractivity contribution in [3.8, 4) is 0 Å². The zero-order chi connectivity index (χ0) is 14.4. The number of hydrogen-bond acceptors (Lipinski definition) is 3. The number of nitrogens with zero attached hydrogens (tertiary/aromatic N) is 1. The van der Waals surface area contributed by atoms with E-state index in [1.165, 1.54) is 18.2 Å². The number of thiocarbonyl (C=S) groups is 1. The summed E-state index contributed by atoms with van der Waals surface area (Å²) in [6, 6.07) is 4.07. The van der Waals surface area contributed by atoms with Crippen molar-refractivity contribution in [1.82, 2.24) is 0 Å². The zero-order valence-corrected chi connectivity index (χ0v) is 11.4. The second kappa shape index (κ2) is 4.38. The lowest BCUT2D eigenvalue weighted by Crippen LogP contribution is -2.34. The van der Waals surface area contributed by atoms with Gasteiger partial charge in [-0.3, -0.25) is 9.59 Å². The summed E-state index contributed by atoms with van der Waals surface area (Å²) < 4.78 is 13.8. The van der Waals surface area contributed by atoms with Gasteiger partial charge in [-0.25, -0.2) is 9.29 Å². The molecule has 100 valence electrons. The number of rotatable bonds is 2. The number of amides is 2. The molecule has 1 aromatic rings. The molecule has 0 unspecified atom stereocenters. The van der Waals surface area contributed by atoms with Crippen LogP contribution in [0.25, 0.3) is 0 Å². The zero-order valence-electron chi connectivity index (χ0n) is 10.6. The van der Waals surface area contributed by atoms with Crippen LogP contribution in [0.3, 0.4) is 0 Å². The third-order valence-electron chi connectivity index (χ3n) is 3.10. The fourth-order valence-electron chi connectivity index (χ4n) is 2.14. The molecule has 0 radical (unpaired) electrons. The van der Waals surface area contributed by atoms with E-state index in [4.69, 9.17) is 18.0 Å². The molecule has 1 aromatic carbocycles. The van der Waals surface area contributed by atoms with Crippen LogP contribution in [0.2, 0.25) is 0 Å². The van der Waals surface area contributed by atoms with Crippen molar-refractivity contribution in [3.05, 3.63) is 29.6 Å². The molecule has 6 heteroatoms. The third kappa shape index (κ3) is 2.12. The summed E-state index contributed by atoms with van der Waals surface area (Å²) in [5.41, 5.74) is 4.74. The van der Waals surface area contributed by atoms with Crippen molar-refractivity contribution in [3.63, 3.8) is 0 Å². The lowest BCUT2D eigenvalue weighted by atomic mass is 9.92. The molecule has 1 aliphatic rings. The third-order valence-corrected chi connectivity index (χ3v) is 3.31. The second-order valence-corrected chi connectivity index (χ2v) is 5.53. The molecule has 0 atom stereocenters. The molecule has 0 bridgehead atoms. The second-order valence-electron chi connectivity index (χ2n) is 5.09. The van der Waals surface area contributed by atoms with Gasteiger partial charge >= 0.3 is 0 Å².